The Bertz CT molecular complexity index is 3580. The lowest BCUT2D eigenvalue weighted by Crippen LogP contribution is -2.11. The van der Waals surface area contributed by atoms with E-state index in [1.165, 1.54) is 87.1 Å². The molecule has 0 saturated heterocycles. The van der Waals surface area contributed by atoms with E-state index < -0.39 is 0 Å². The first-order chi connectivity index (χ1) is 29.8. The Morgan fingerprint density at radius 1 is 0.300 bits per heavy atom. The van der Waals surface area contributed by atoms with Crippen molar-refractivity contribution in [2.45, 2.75) is 0 Å². The van der Waals surface area contributed by atoms with Crippen molar-refractivity contribution in [3.63, 3.8) is 0 Å². The zero-order valence-electron chi connectivity index (χ0n) is 32.8. The number of hydrogen-bond acceptors (Lipinski definition) is 1. The van der Waals surface area contributed by atoms with Gasteiger partial charge >= 0.3 is 0 Å². The molecule has 0 bridgehead atoms. The van der Waals surface area contributed by atoms with Gasteiger partial charge in [-0.1, -0.05) is 194 Å². The summed E-state index contributed by atoms with van der Waals surface area (Å²) in [5, 5.41) is 12.1. The highest BCUT2D eigenvalue weighted by molar-refractivity contribution is 6.26. The molecule has 280 valence electrons. The van der Waals surface area contributed by atoms with Gasteiger partial charge in [-0.2, -0.15) is 0 Å². The van der Waals surface area contributed by atoms with E-state index in [1.807, 2.05) is 0 Å². The molecule has 0 spiro atoms. The Labute approximate surface area is 348 Å². The minimum atomic E-state index is 1.10. The van der Waals surface area contributed by atoms with Crippen LogP contribution in [-0.2, 0) is 0 Å². The Hall–Kier alpha value is -7.94. The number of rotatable bonds is 6. The van der Waals surface area contributed by atoms with E-state index in [1.54, 1.807) is 0 Å². The van der Waals surface area contributed by atoms with Gasteiger partial charge in [-0.05, 0) is 85.6 Å². The summed E-state index contributed by atoms with van der Waals surface area (Å²) in [6.45, 7) is 0. The first-order valence-corrected chi connectivity index (χ1v) is 20.7. The van der Waals surface area contributed by atoms with Crippen LogP contribution in [0.4, 0.5) is 17.1 Å². The summed E-state index contributed by atoms with van der Waals surface area (Å²) in [6, 6.07) is 84.5. The third-order valence-electron chi connectivity index (χ3n) is 12.3. The highest BCUT2D eigenvalue weighted by Crippen LogP contribution is 2.50. The maximum absolute atomic E-state index is 2.54. The predicted octanol–water partition coefficient (Wildman–Crippen LogP) is 16.2. The molecule has 0 amide bonds. The largest absolute Gasteiger partial charge is 0.309 e. The molecule has 2 nitrogen and oxygen atoms in total. The topological polar surface area (TPSA) is 8.17 Å². The van der Waals surface area contributed by atoms with E-state index in [0.29, 0.717) is 0 Å². The number of hydrogen-bond donors (Lipinski definition) is 0. The average Bonchev–Trinajstić information content (AvgIpc) is 3.67. The zero-order chi connectivity index (χ0) is 39.6. The van der Waals surface area contributed by atoms with Crippen molar-refractivity contribution < 1.29 is 0 Å². The van der Waals surface area contributed by atoms with E-state index in [0.717, 1.165) is 22.7 Å². The molecule has 0 fully saturated rings. The van der Waals surface area contributed by atoms with Gasteiger partial charge in [0.15, 0.2) is 0 Å². The Morgan fingerprint density at radius 3 is 1.55 bits per heavy atom. The van der Waals surface area contributed by atoms with Crippen molar-refractivity contribution in [2.75, 3.05) is 4.90 Å². The van der Waals surface area contributed by atoms with E-state index in [-0.39, 0.29) is 0 Å². The molecular weight excluding hydrogens is 725 g/mol. The van der Waals surface area contributed by atoms with Crippen LogP contribution >= 0.6 is 0 Å². The molecule has 12 rings (SSSR count). The lowest BCUT2D eigenvalue weighted by atomic mass is 9.97. The minimum Gasteiger partial charge on any atom is -0.309 e. The molecule has 0 N–H and O–H groups in total. The minimum absolute atomic E-state index is 1.10. The van der Waals surface area contributed by atoms with Crippen LogP contribution in [0.2, 0.25) is 0 Å². The number of nitrogens with zero attached hydrogens (tertiary/aromatic N) is 2. The lowest BCUT2D eigenvalue weighted by Gasteiger charge is -2.29. The van der Waals surface area contributed by atoms with E-state index >= 15 is 0 Å². The van der Waals surface area contributed by atoms with Crippen molar-refractivity contribution in [1.29, 1.82) is 0 Å². The number of benzene rings is 11. The molecule has 1 aromatic heterocycles. The van der Waals surface area contributed by atoms with Crippen molar-refractivity contribution in [3.8, 4) is 27.9 Å². The SMILES string of the molecule is c1ccc(-c2ccc(N(c3cc4ccccc4c4ccccc34)c3cc4ccccc4c4c3c3ccc(-c5ccccc5)cc3n4-c3cccc4ccccc34)cc2)cc1. The Morgan fingerprint density at radius 2 is 0.817 bits per heavy atom. The highest BCUT2D eigenvalue weighted by Gasteiger charge is 2.26. The smallest absolute Gasteiger partial charge is 0.0640 e. The molecule has 0 unspecified atom stereocenters. The zero-order valence-corrected chi connectivity index (χ0v) is 32.8. The van der Waals surface area contributed by atoms with Crippen LogP contribution in [0.5, 0.6) is 0 Å². The van der Waals surface area contributed by atoms with Gasteiger partial charge in [-0.3, -0.25) is 0 Å². The van der Waals surface area contributed by atoms with Gasteiger partial charge in [0, 0.05) is 32.6 Å². The van der Waals surface area contributed by atoms with Crippen LogP contribution in [0.1, 0.15) is 0 Å². The van der Waals surface area contributed by atoms with Crippen LogP contribution in [0.25, 0.3) is 92.8 Å². The average molecular weight is 763 g/mol. The highest BCUT2D eigenvalue weighted by atomic mass is 15.1. The molecule has 0 radical (unpaired) electrons. The Balaban J connectivity index is 1.25. The molecule has 0 aliphatic rings. The van der Waals surface area contributed by atoms with E-state index in [2.05, 4.69) is 240 Å². The van der Waals surface area contributed by atoms with Gasteiger partial charge in [0.05, 0.1) is 28.1 Å². The van der Waals surface area contributed by atoms with E-state index in [9.17, 15) is 0 Å². The van der Waals surface area contributed by atoms with Gasteiger partial charge in [-0.15, -0.1) is 0 Å². The summed E-state index contributed by atoms with van der Waals surface area (Å²) >= 11 is 0. The summed E-state index contributed by atoms with van der Waals surface area (Å²) in [6.07, 6.45) is 0. The second kappa shape index (κ2) is 13.9. The number of aromatic nitrogens is 1. The fourth-order valence-electron chi connectivity index (χ4n) is 9.56. The maximum atomic E-state index is 2.54. The van der Waals surface area contributed by atoms with Crippen molar-refractivity contribution >= 4 is 82.0 Å². The molecular formula is C58H38N2. The van der Waals surface area contributed by atoms with Crippen molar-refractivity contribution in [2.24, 2.45) is 0 Å². The lowest BCUT2D eigenvalue weighted by molar-refractivity contribution is 1.20. The van der Waals surface area contributed by atoms with Gasteiger partial charge in [0.1, 0.15) is 0 Å². The van der Waals surface area contributed by atoms with Crippen molar-refractivity contribution in [1.82, 2.24) is 4.57 Å². The molecule has 12 aromatic rings. The van der Waals surface area contributed by atoms with Crippen molar-refractivity contribution in [3.05, 3.63) is 231 Å². The second-order valence-electron chi connectivity index (χ2n) is 15.7. The fourth-order valence-corrected chi connectivity index (χ4v) is 9.56. The summed E-state index contributed by atoms with van der Waals surface area (Å²) in [7, 11) is 0. The molecule has 0 atom stereocenters. The molecule has 0 aliphatic carbocycles. The van der Waals surface area contributed by atoms with Gasteiger partial charge in [0.2, 0.25) is 0 Å². The number of anilines is 3. The van der Waals surface area contributed by atoms with Gasteiger partial charge < -0.3 is 9.47 Å². The molecule has 0 saturated carbocycles. The molecule has 0 aliphatic heterocycles. The monoisotopic (exact) mass is 762 g/mol. The molecule has 11 aromatic carbocycles. The first-order valence-electron chi connectivity index (χ1n) is 20.7. The fraction of sp³-hybridized carbons (Fsp3) is 0. The summed E-state index contributed by atoms with van der Waals surface area (Å²) < 4.78 is 2.54. The first kappa shape index (κ1) is 34.1. The summed E-state index contributed by atoms with van der Waals surface area (Å²) in [4.78, 5) is 2.52. The standard InChI is InChI=1S/C58H38N2/c1-3-16-39(17-4-1)41-30-33-46(34-31-41)59(54-37-44-21-8-10-24-47(44)50-27-13-14-28-51(50)54)56-38-45-22-9-12-26-49(45)58-57(56)52-35-32-43(40-18-5-2-6-19-40)36-55(52)60(58)53-29-15-23-42-20-7-11-25-48(42)53/h1-38H. The van der Waals surface area contributed by atoms with Gasteiger partial charge in [-0.25, -0.2) is 0 Å². The maximum Gasteiger partial charge on any atom is 0.0640 e. The van der Waals surface area contributed by atoms with E-state index in [4.69, 9.17) is 0 Å². The molecule has 2 heteroatoms. The molecule has 1 heterocycles. The summed E-state index contributed by atoms with van der Waals surface area (Å²) in [5.41, 5.74) is 11.7. The van der Waals surface area contributed by atoms with Crippen LogP contribution in [0.15, 0.2) is 231 Å². The third kappa shape index (κ3) is 5.42. The quantitative estimate of drug-likeness (QED) is 0.153. The molecule has 60 heavy (non-hydrogen) atoms. The third-order valence-corrected chi connectivity index (χ3v) is 12.3. The summed E-state index contributed by atoms with van der Waals surface area (Å²) in [5.74, 6) is 0. The second-order valence-corrected chi connectivity index (χ2v) is 15.7. The van der Waals surface area contributed by atoms with Crippen LogP contribution < -0.4 is 4.90 Å². The predicted molar refractivity (Wildman–Crippen MR) is 256 cm³/mol. The van der Waals surface area contributed by atoms with Crippen LogP contribution in [0.3, 0.4) is 0 Å². The normalized spacial score (nSPS) is 11.7. The van der Waals surface area contributed by atoms with Gasteiger partial charge in [0.25, 0.3) is 0 Å². The van der Waals surface area contributed by atoms with Crippen LogP contribution in [0, 0.1) is 0 Å². The van der Waals surface area contributed by atoms with Crippen LogP contribution in [-0.4, -0.2) is 4.57 Å². The number of fused-ring (bicyclic) bond motifs is 9. The Kier molecular flexibility index (Phi) is 7.89.